The van der Waals surface area contributed by atoms with Crippen LogP contribution >= 0.6 is 24.0 Å². The van der Waals surface area contributed by atoms with Gasteiger partial charge in [0.15, 0.2) is 0 Å². The molecule has 2 aromatic rings. The fourth-order valence-electron chi connectivity index (χ4n) is 3.99. The molecule has 0 radical (unpaired) electrons. The molecule has 4 rings (SSSR count). The van der Waals surface area contributed by atoms with Crippen molar-refractivity contribution < 1.29 is 9.53 Å². The lowest BCUT2D eigenvalue weighted by Crippen LogP contribution is -2.42. The van der Waals surface area contributed by atoms with Gasteiger partial charge in [-0.1, -0.05) is 41.9 Å². The first-order chi connectivity index (χ1) is 12.7. The number of nitrogens with one attached hydrogen (secondary N) is 1. The van der Waals surface area contributed by atoms with Crippen LogP contribution in [0.5, 0.6) is 5.75 Å². The smallest absolute Gasteiger partial charge is 0.258 e. The number of carbonyl (C=O) groups excluding carboxylic acids is 1. The summed E-state index contributed by atoms with van der Waals surface area (Å²) < 4.78 is 5.99. The number of rotatable bonds is 4. The molecule has 1 N–H and O–H groups in total. The second-order valence-corrected chi connectivity index (χ2v) is 7.37. The number of fused-ring (bicyclic) bond motifs is 2. The molecular formula is C21H24Cl2N2O2. The van der Waals surface area contributed by atoms with Gasteiger partial charge in [0, 0.05) is 29.2 Å². The Morgan fingerprint density at radius 2 is 1.81 bits per heavy atom. The largest absolute Gasteiger partial charge is 0.488 e. The Kier molecular flexibility index (Phi) is 6.64. The van der Waals surface area contributed by atoms with Crippen molar-refractivity contribution in [1.82, 2.24) is 10.2 Å². The Bertz CT molecular complexity index is 785. The molecule has 27 heavy (non-hydrogen) atoms. The third-order valence-corrected chi connectivity index (χ3v) is 5.72. The molecule has 2 saturated heterocycles. The predicted octanol–water partition coefficient (Wildman–Crippen LogP) is 4.31. The number of halogens is 2. The molecule has 6 heteroatoms. The van der Waals surface area contributed by atoms with Crippen LogP contribution in [0.15, 0.2) is 48.5 Å². The summed E-state index contributed by atoms with van der Waals surface area (Å²) in [4.78, 5) is 15.4. The van der Waals surface area contributed by atoms with Gasteiger partial charge in [0.1, 0.15) is 12.4 Å². The Hall–Kier alpha value is -1.75. The highest BCUT2D eigenvalue weighted by molar-refractivity contribution is 6.31. The standard InChI is InChI=1S/C21H23ClN2O2.ClH/c22-19-7-3-1-5-15(19)14-26-20-8-4-2-6-18(20)21(25)24-16-9-10-17(24)13-23-12-11-16;/h1-8,16-17,23H,9-14H2;1H. The van der Waals surface area contributed by atoms with Gasteiger partial charge < -0.3 is 15.0 Å². The van der Waals surface area contributed by atoms with E-state index in [4.69, 9.17) is 16.3 Å². The molecular weight excluding hydrogens is 383 g/mol. The maximum atomic E-state index is 13.3. The first-order valence-electron chi connectivity index (χ1n) is 9.22. The van der Waals surface area contributed by atoms with E-state index in [9.17, 15) is 4.79 Å². The summed E-state index contributed by atoms with van der Waals surface area (Å²) in [6.07, 6.45) is 3.19. The van der Waals surface area contributed by atoms with Gasteiger partial charge in [-0.15, -0.1) is 12.4 Å². The van der Waals surface area contributed by atoms with Crippen molar-refractivity contribution in [3.8, 4) is 5.75 Å². The van der Waals surface area contributed by atoms with Crippen molar-refractivity contribution in [3.05, 3.63) is 64.7 Å². The summed E-state index contributed by atoms with van der Waals surface area (Å²) in [6.45, 7) is 2.21. The van der Waals surface area contributed by atoms with Crippen LogP contribution in [-0.4, -0.2) is 36.0 Å². The summed E-state index contributed by atoms with van der Waals surface area (Å²) in [5, 5.41) is 4.12. The number of carbonyl (C=O) groups is 1. The molecule has 0 aromatic heterocycles. The number of amides is 1. The highest BCUT2D eigenvalue weighted by atomic mass is 35.5. The fourth-order valence-corrected chi connectivity index (χ4v) is 4.18. The first-order valence-corrected chi connectivity index (χ1v) is 9.60. The Balaban J connectivity index is 0.00000210. The van der Waals surface area contributed by atoms with Crippen LogP contribution in [0, 0.1) is 0 Å². The molecule has 1 amide bonds. The fraction of sp³-hybridized carbons (Fsp3) is 0.381. The number of ether oxygens (including phenoxy) is 1. The van der Waals surface area contributed by atoms with Crippen molar-refractivity contribution in [2.45, 2.75) is 38.0 Å². The van der Waals surface area contributed by atoms with Crippen LogP contribution in [-0.2, 0) is 6.61 Å². The van der Waals surface area contributed by atoms with E-state index >= 15 is 0 Å². The molecule has 4 nitrogen and oxygen atoms in total. The van der Waals surface area contributed by atoms with Crippen LogP contribution in [0.3, 0.4) is 0 Å². The Morgan fingerprint density at radius 3 is 2.67 bits per heavy atom. The lowest BCUT2D eigenvalue weighted by molar-refractivity contribution is 0.0675. The van der Waals surface area contributed by atoms with Crippen LogP contribution in [0.4, 0.5) is 0 Å². The lowest BCUT2D eigenvalue weighted by atomic mass is 10.1. The molecule has 0 spiro atoms. The van der Waals surface area contributed by atoms with E-state index in [-0.39, 0.29) is 24.4 Å². The number of para-hydroxylation sites is 1. The molecule has 144 valence electrons. The molecule has 2 bridgehead atoms. The van der Waals surface area contributed by atoms with E-state index in [1.165, 1.54) is 0 Å². The summed E-state index contributed by atoms with van der Waals surface area (Å²) >= 11 is 6.22. The first kappa shape index (κ1) is 20.0. The maximum Gasteiger partial charge on any atom is 0.258 e. The average Bonchev–Trinajstić information content (AvgIpc) is 2.93. The summed E-state index contributed by atoms with van der Waals surface area (Å²) in [6, 6.07) is 15.8. The highest BCUT2D eigenvalue weighted by Gasteiger charge is 2.39. The second-order valence-electron chi connectivity index (χ2n) is 6.97. The van der Waals surface area contributed by atoms with Crippen LogP contribution in [0.25, 0.3) is 0 Å². The van der Waals surface area contributed by atoms with Crippen molar-refractivity contribution >= 4 is 29.9 Å². The second kappa shape index (κ2) is 8.96. The quantitative estimate of drug-likeness (QED) is 0.822. The summed E-state index contributed by atoms with van der Waals surface area (Å²) in [5.74, 6) is 0.699. The van der Waals surface area contributed by atoms with E-state index in [1.807, 2.05) is 48.5 Å². The molecule has 2 aliphatic rings. The van der Waals surface area contributed by atoms with Gasteiger partial charge >= 0.3 is 0 Å². The number of benzene rings is 2. The van der Waals surface area contributed by atoms with Crippen LogP contribution in [0.1, 0.15) is 35.2 Å². The van der Waals surface area contributed by atoms with Crippen molar-refractivity contribution in [2.75, 3.05) is 13.1 Å². The zero-order chi connectivity index (χ0) is 17.9. The number of hydrogen-bond donors (Lipinski definition) is 1. The zero-order valence-corrected chi connectivity index (χ0v) is 16.6. The summed E-state index contributed by atoms with van der Waals surface area (Å²) in [5.41, 5.74) is 1.55. The third-order valence-electron chi connectivity index (χ3n) is 5.35. The Morgan fingerprint density at radius 1 is 1.07 bits per heavy atom. The number of hydrogen-bond acceptors (Lipinski definition) is 3. The van der Waals surface area contributed by atoms with Gasteiger partial charge in [-0.05, 0) is 44.0 Å². The minimum absolute atomic E-state index is 0. The van der Waals surface area contributed by atoms with E-state index in [0.29, 0.717) is 29.0 Å². The van der Waals surface area contributed by atoms with Gasteiger partial charge in [0.05, 0.1) is 5.56 Å². The van der Waals surface area contributed by atoms with E-state index in [0.717, 1.165) is 37.9 Å². The monoisotopic (exact) mass is 406 g/mol. The van der Waals surface area contributed by atoms with Gasteiger partial charge in [-0.25, -0.2) is 0 Å². The lowest BCUT2D eigenvalue weighted by Gasteiger charge is -2.28. The Labute approximate surface area is 171 Å². The van der Waals surface area contributed by atoms with Crippen molar-refractivity contribution in [1.29, 1.82) is 0 Å². The highest BCUT2D eigenvalue weighted by Crippen LogP contribution is 2.32. The molecule has 2 unspecified atom stereocenters. The van der Waals surface area contributed by atoms with Crippen LogP contribution in [0.2, 0.25) is 5.02 Å². The van der Waals surface area contributed by atoms with Crippen molar-refractivity contribution in [3.63, 3.8) is 0 Å². The molecule has 2 fully saturated rings. The minimum atomic E-state index is 0. The van der Waals surface area contributed by atoms with Gasteiger partial charge in [-0.2, -0.15) is 0 Å². The zero-order valence-electron chi connectivity index (χ0n) is 15.1. The molecule has 2 aromatic carbocycles. The normalized spacial score (nSPS) is 21.3. The molecule has 2 heterocycles. The van der Waals surface area contributed by atoms with Gasteiger partial charge in [-0.3, -0.25) is 4.79 Å². The minimum Gasteiger partial charge on any atom is -0.488 e. The topological polar surface area (TPSA) is 41.6 Å². The molecule has 0 aliphatic carbocycles. The predicted molar refractivity (Wildman–Crippen MR) is 110 cm³/mol. The molecule has 2 aliphatic heterocycles. The van der Waals surface area contributed by atoms with E-state index in [1.54, 1.807) is 0 Å². The third kappa shape index (κ3) is 4.23. The van der Waals surface area contributed by atoms with E-state index in [2.05, 4.69) is 10.2 Å². The average molecular weight is 407 g/mol. The maximum absolute atomic E-state index is 13.3. The van der Waals surface area contributed by atoms with Crippen molar-refractivity contribution in [2.24, 2.45) is 0 Å². The van der Waals surface area contributed by atoms with E-state index < -0.39 is 0 Å². The molecule has 2 atom stereocenters. The number of nitrogens with zero attached hydrogens (tertiary/aromatic N) is 1. The molecule has 0 saturated carbocycles. The SMILES string of the molecule is Cl.O=C(c1ccccc1OCc1ccccc1Cl)N1C2CCNCC1CC2. The van der Waals surface area contributed by atoms with Gasteiger partial charge in [0.25, 0.3) is 5.91 Å². The van der Waals surface area contributed by atoms with Crippen LogP contribution < -0.4 is 10.1 Å². The van der Waals surface area contributed by atoms with Gasteiger partial charge in [0.2, 0.25) is 0 Å². The summed E-state index contributed by atoms with van der Waals surface area (Å²) in [7, 11) is 0.